The molecule has 2 aliphatic rings. The molecule has 8 heteroatoms. The van der Waals surface area contributed by atoms with Gasteiger partial charge in [-0.1, -0.05) is 35.4 Å². The highest BCUT2D eigenvalue weighted by Crippen LogP contribution is 2.39. The normalized spacial score (nSPS) is 28.8. The van der Waals surface area contributed by atoms with Crippen molar-refractivity contribution in [2.45, 2.75) is 18.8 Å². The minimum Gasteiger partial charge on any atom is -0.481 e. The Kier molecular flexibility index (Phi) is 4.08. The van der Waals surface area contributed by atoms with E-state index in [1.807, 2.05) is 0 Å². The molecule has 1 aromatic heterocycles. The Morgan fingerprint density at radius 3 is 2.36 bits per heavy atom. The first-order valence-corrected chi connectivity index (χ1v) is 7.37. The van der Waals surface area contributed by atoms with Gasteiger partial charge in [-0.25, -0.2) is 4.98 Å². The second kappa shape index (κ2) is 5.87. The topological polar surface area (TPSA) is 88.5 Å². The van der Waals surface area contributed by atoms with Gasteiger partial charge < -0.3 is 15.2 Å². The van der Waals surface area contributed by atoms with E-state index in [2.05, 4.69) is 10.3 Å². The van der Waals surface area contributed by atoms with Crippen molar-refractivity contribution in [1.29, 1.82) is 0 Å². The van der Waals surface area contributed by atoms with Crippen molar-refractivity contribution in [2.24, 2.45) is 11.8 Å². The summed E-state index contributed by atoms with van der Waals surface area (Å²) < 4.78 is 5.47. The highest BCUT2D eigenvalue weighted by Gasteiger charge is 2.53. The number of nitrogens with zero attached hydrogens (tertiary/aromatic N) is 1. The van der Waals surface area contributed by atoms with Gasteiger partial charge in [0, 0.05) is 6.54 Å². The van der Waals surface area contributed by atoms with Crippen molar-refractivity contribution in [3.8, 4) is 0 Å². The van der Waals surface area contributed by atoms with Crippen LogP contribution in [0.4, 0.5) is 0 Å². The molecule has 2 aliphatic heterocycles. The third kappa shape index (κ3) is 2.82. The van der Waals surface area contributed by atoms with Crippen LogP contribution in [0, 0.1) is 11.8 Å². The smallest absolute Gasteiger partial charge is 0.310 e. The molecule has 2 bridgehead atoms. The van der Waals surface area contributed by atoms with Gasteiger partial charge in [-0.15, -0.1) is 0 Å². The largest absolute Gasteiger partial charge is 0.481 e. The van der Waals surface area contributed by atoms with Crippen LogP contribution < -0.4 is 5.32 Å². The van der Waals surface area contributed by atoms with Crippen LogP contribution in [0.5, 0.6) is 0 Å². The van der Waals surface area contributed by atoms with Gasteiger partial charge in [0.1, 0.15) is 16.2 Å². The average molecular weight is 343 g/mol. The van der Waals surface area contributed by atoms with Crippen LogP contribution in [-0.2, 0) is 20.9 Å². The zero-order chi connectivity index (χ0) is 15.9. The molecule has 1 amide bonds. The lowest BCUT2D eigenvalue weighted by atomic mass is 9.82. The third-order valence-electron chi connectivity index (χ3n) is 3.78. The summed E-state index contributed by atoms with van der Waals surface area (Å²) in [5, 5.41) is 12.4. The first-order valence-electron chi connectivity index (χ1n) is 6.62. The van der Waals surface area contributed by atoms with Gasteiger partial charge in [-0.2, -0.15) is 0 Å². The summed E-state index contributed by atoms with van der Waals surface area (Å²) in [5.41, 5.74) is 0.685. The number of hydrogen-bond donors (Lipinski definition) is 2. The number of halogens is 2. The number of hydrogen-bond acceptors (Lipinski definition) is 4. The predicted octanol–water partition coefficient (Wildman–Crippen LogP) is 1.66. The quantitative estimate of drug-likeness (QED) is 0.641. The maximum absolute atomic E-state index is 12.3. The van der Waals surface area contributed by atoms with E-state index in [0.717, 1.165) is 0 Å². The number of fused-ring (bicyclic) bond motifs is 2. The molecule has 1 saturated heterocycles. The molecule has 3 heterocycles. The second-order valence-corrected chi connectivity index (χ2v) is 5.95. The maximum Gasteiger partial charge on any atom is 0.310 e. The number of carbonyl (C=O) groups is 2. The van der Waals surface area contributed by atoms with E-state index >= 15 is 0 Å². The third-order valence-corrected chi connectivity index (χ3v) is 4.16. The van der Waals surface area contributed by atoms with E-state index in [1.54, 1.807) is 24.3 Å². The van der Waals surface area contributed by atoms with Crippen molar-refractivity contribution >= 4 is 35.1 Å². The van der Waals surface area contributed by atoms with Gasteiger partial charge in [0.15, 0.2) is 0 Å². The van der Waals surface area contributed by atoms with Gasteiger partial charge in [0.2, 0.25) is 5.91 Å². The lowest BCUT2D eigenvalue weighted by Crippen LogP contribution is -2.42. The van der Waals surface area contributed by atoms with Crippen LogP contribution in [0.2, 0.25) is 10.3 Å². The van der Waals surface area contributed by atoms with Gasteiger partial charge >= 0.3 is 5.97 Å². The number of rotatable bonds is 4. The maximum atomic E-state index is 12.3. The summed E-state index contributed by atoms with van der Waals surface area (Å²) >= 11 is 11.6. The molecule has 1 aromatic rings. The van der Waals surface area contributed by atoms with Gasteiger partial charge in [-0.05, 0) is 17.7 Å². The summed E-state index contributed by atoms with van der Waals surface area (Å²) in [4.78, 5) is 27.5. The van der Waals surface area contributed by atoms with E-state index in [1.165, 1.54) is 0 Å². The average Bonchev–Trinajstić information content (AvgIpc) is 3.04. The highest BCUT2D eigenvalue weighted by molar-refractivity contribution is 6.32. The van der Waals surface area contributed by atoms with Crippen LogP contribution in [0.15, 0.2) is 24.3 Å². The predicted molar refractivity (Wildman–Crippen MR) is 78.5 cm³/mol. The molecule has 2 N–H and O–H groups in total. The SMILES string of the molecule is O=C(O)C1C2C=CC(O2)C1C(=O)NCc1cc(Cl)nc(Cl)c1. The van der Waals surface area contributed by atoms with Gasteiger partial charge in [0.25, 0.3) is 0 Å². The number of ether oxygens (including phenoxy) is 1. The fourth-order valence-electron chi connectivity index (χ4n) is 2.84. The first-order chi connectivity index (χ1) is 10.5. The van der Waals surface area contributed by atoms with Crippen LogP contribution in [-0.4, -0.2) is 34.2 Å². The molecule has 4 unspecified atom stereocenters. The van der Waals surface area contributed by atoms with Crippen molar-refractivity contribution in [2.75, 3.05) is 0 Å². The Morgan fingerprint density at radius 2 is 1.77 bits per heavy atom. The first kappa shape index (κ1) is 15.3. The number of carboxylic acids is 1. The van der Waals surface area contributed by atoms with E-state index in [0.29, 0.717) is 5.56 Å². The fourth-order valence-corrected chi connectivity index (χ4v) is 3.34. The molecule has 0 aromatic carbocycles. The number of amides is 1. The van der Waals surface area contributed by atoms with Crippen molar-refractivity contribution in [3.05, 3.63) is 40.2 Å². The number of aliphatic carboxylic acids is 1. The molecule has 0 spiro atoms. The summed E-state index contributed by atoms with van der Waals surface area (Å²) in [6.45, 7) is 0.185. The molecule has 4 atom stereocenters. The fraction of sp³-hybridized carbons (Fsp3) is 0.357. The number of pyridine rings is 1. The Bertz CT molecular complexity index is 644. The van der Waals surface area contributed by atoms with Crippen molar-refractivity contribution < 1.29 is 19.4 Å². The molecule has 0 aliphatic carbocycles. The van der Waals surface area contributed by atoms with E-state index in [9.17, 15) is 14.7 Å². The molecule has 6 nitrogen and oxygen atoms in total. The Morgan fingerprint density at radius 1 is 1.18 bits per heavy atom. The Labute approximate surface area is 136 Å². The van der Waals surface area contributed by atoms with E-state index in [-0.39, 0.29) is 22.8 Å². The Hall–Kier alpha value is -1.63. The highest BCUT2D eigenvalue weighted by atomic mass is 35.5. The van der Waals surface area contributed by atoms with Crippen LogP contribution in [0.3, 0.4) is 0 Å². The lowest BCUT2D eigenvalue weighted by Gasteiger charge is -2.21. The van der Waals surface area contributed by atoms with Gasteiger partial charge in [0.05, 0.1) is 18.1 Å². The summed E-state index contributed by atoms with van der Waals surface area (Å²) in [7, 11) is 0. The summed E-state index contributed by atoms with van der Waals surface area (Å²) in [6, 6.07) is 3.17. The molecule has 0 radical (unpaired) electrons. The number of carbonyl (C=O) groups excluding carboxylic acids is 1. The van der Waals surface area contributed by atoms with E-state index < -0.39 is 30.0 Å². The molecular formula is C14H12Cl2N2O4. The molecule has 3 rings (SSSR count). The lowest BCUT2D eigenvalue weighted by molar-refractivity contribution is -0.146. The molecular weight excluding hydrogens is 331 g/mol. The standard InChI is InChI=1S/C14H12Cl2N2O4/c15-9-3-6(4-10(16)18-9)5-17-13(19)11-7-1-2-8(22-7)12(11)14(20)21/h1-4,7-8,11-12H,5H2,(H,17,19)(H,20,21). The van der Waals surface area contributed by atoms with Crippen LogP contribution >= 0.6 is 23.2 Å². The number of aromatic nitrogens is 1. The molecule has 22 heavy (non-hydrogen) atoms. The van der Waals surface area contributed by atoms with Crippen LogP contribution in [0.25, 0.3) is 0 Å². The van der Waals surface area contributed by atoms with Crippen molar-refractivity contribution in [3.63, 3.8) is 0 Å². The monoisotopic (exact) mass is 342 g/mol. The second-order valence-electron chi connectivity index (χ2n) is 5.18. The summed E-state index contributed by atoms with van der Waals surface area (Å²) in [6.07, 6.45) is 2.39. The minimum absolute atomic E-state index is 0.185. The van der Waals surface area contributed by atoms with E-state index in [4.69, 9.17) is 27.9 Å². The minimum atomic E-state index is -1.04. The zero-order valence-corrected chi connectivity index (χ0v) is 12.7. The van der Waals surface area contributed by atoms with Crippen molar-refractivity contribution in [1.82, 2.24) is 10.3 Å². The molecule has 1 fully saturated rings. The number of nitrogens with one attached hydrogen (secondary N) is 1. The number of carboxylic acid groups (broad SMARTS) is 1. The molecule has 0 saturated carbocycles. The Balaban J connectivity index is 1.69. The zero-order valence-electron chi connectivity index (χ0n) is 11.2. The van der Waals surface area contributed by atoms with Gasteiger partial charge in [-0.3, -0.25) is 9.59 Å². The molecule has 116 valence electrons. The summed E-state index contributed by atoms with van der Waals surface area (Å²) in [5.74, 6) is -3.00. The van der Waals surface area contributed by atoms with Crippen LogP contribution in [0.1, 0.15) is 5.56 Å².